The van der Waals surface area contributed by atoms with Gasteiger partial charge in [0, 0.05) is 5.39 Å². The van der Waals surface area contributed by atoms with E-state index < -0.39 is 12.1 Å². The number of aromatic nitrogens is 1. The van der Waals surface area contributed by atoms with Gasteiger partial charge in [0.2, 0.25) is 0 Å². The molecule has 4 nitrogen and oxygen atoms in total. The van der Waals surface area contributed by atoms with E-state index >= 15 is 0 Å². The number of nitrogens with zero attached hydrogens (tertiary/aromatic N) is 1. The molecule has 0 saturated heterocycles. The van der Waals surface area contributed by atoms with E-state index in [-0.39, 0.29) is 0 Å². The van der Waals surface area contributed by atoms with E-state index in [1.165, 1.54) is 7.11 Å². The van der Waals surface area contributed by atoms with Gasteiger partial charge in [0.05, 0.1) is 15.7 Å². The fourth-order valence-electron chi connectivity index (χ4n) is 1.67. The van der Waals surface area contributed by atoms with Crippen molar-refractivity contribution in [2.24, 2.45) is 0 Å². The summed E-state index contributed by atoms with van der Waals surface area (Å²) >= 11 is 14.2. The maximum Gasteiger partial charge on any atom is 0.346 e. The van der Waals surface area contributed by atoms with Crippen molar-refractivity contribution in [2.45, 2.75) is 13.0 Å². The van der Waals surface area contributed by atoms with Crippen LogP contribution in [0.15, 0.2) is 18.2 Å². The van der Waals surface area contributed by atoms with Crippen molar-refractivity contribution in [3.8, 4) is 5.75 Å². The number of pyridine rings is 1. The number of carbonyl (C=O) groups is 1. The summed E-state index contributed by atoms with van der Waals surface area (Å²) in [6, 6.07) is 5.16. The second-order valence-corrected chi connectivity index (χ2v) is 5.94. The lowest BCUT2D eigenvalue weighted by Crippen LogP contribution is -2.25. The van der Waals surface area contributed by atoms with Gasteiger partial charge in [-0.05, 0) is 47.7 Å². The number of fused-ring (bicyclic) bond motifs is 1. The summed E-state index contributed by atoms with van der Waals surface area (Å²) in [4.78, 5) is 15.7. The van der Waals surface area contributed by atoms with E-state index in [0.717, 1.165) is 3.57 Å². The minimum Gasteiger partial charge on any atom is -0.476 e. The molecule has 2 aromatic rings. The first-order valence-corrected chi connectivity index (χ1v) is 7.46. The van der Waals surface area contributed by atoms with Crippen LogP contribution in [0.25, 0.3) is 10.9 Å². The zero-order valence-electron chi connectivity index (χ0n) is 10.6. The van der Waals surface area contributed by atoms with Crippen LogP contribution in [0.3, 0.4) is 0 Å². The van der Waals surface area contributed by atoms with Crippen LogP contribution >= 0.6 is 45.8 Å². The molecule has 0 amide bonds. The molecule has 0 N–H and O–H groups in total. The molecule has 1 aromatic carbocycles. The smallest absolute Gasteiger partial charge is 0.346 e. The number of rotatable bonds is 3. The normalized spacial score (nSPS) is 12.2. The largest absolute Gasteiger partial charge is 0.476 e. The third kappa shape index (κ3) is 3.10. The Hall–Kier alpha value is -0.790. The average molecular weight is 426 g/mol. The number of halogens is 3. The van der Waals surface area contributed by atoms with Gasteiger partial charge in [-0.2, -0.15) is 0 Å². The molecule has 20 heavy (non-hydrogen) atoms. The number of esters is 1. The second-order valence-electron chi connectivity index (χ2n) is 3.98. The Labute approximate surface area is 139 Å². The molecule has 0 aliphatic carbocycles. The Morgan fingerprint density at radius 1 is 1.40 bits per heavy atom. The molecule has 0 aliphatic heterocycles. The second kappa shape index (κ2) is 6.32. The van der Waals surface area contributed by atoms with Crippen molar-refractivity contribution in [1.82, 2.24) is 4.98 Å². The van der Waals surface area contributed by atoms with E-state index in [0.29, 0.717) is 26.8 Å². The lowest BCUT2D eigenvalue weighted by Gasteiger charge is -2.16. The Bertz CT molecular complexity index is 678. The van der Waals surface area contributed by atoms with Crippen molar-refractivity contribution in [2.75, 3.05) is 7.11 Å². The van der Waals surface area contributed by atoms with E-state index in [1.807, 2.05) is 0 Å². The molecule has 7 heteroatoms. The summed E-state index contributed by atoms with van der Waals surface area (Å²) in [5, 5.41) is 1.58. The third-order valence-corrected chi connectivity index (χ3v) is 3.96. The van der Waals surface area contributed by atoms with Crippen molar-refractivity contribution >= 4 is 62.7 Å². The predicted molar refractivity (Wildman–Crippen MR) is 86.6 cm³/mol. The van der Waals surface area contributed by atoms with Crippen LogP contribution in [0.1, 0.15) is 6.92 Å². The Morgan fingerprint density at radius 3 is 2.75 bits per heavy atom. The maximum absolute atomic E-state index is 11.5. The van der Waals surface area contributed by atoms with E-state index in [4.69, 9.17) is 27.9 Å². The summed E-state index contributed by atoms with van der Waals surface area (Å²) in [6.45, 7) is 1.60. The van der Waals surface area contributed by atoms with Crippen LogP contribution in [0.4, 0.5) is 0 Å². The van der Waals surface area contributed by atoms with Crippen LogP contribution in [0.5, 0.6) is 5.75 Å². The fourth-order valence-corrected chi connectivity index (χ4v) is 2.96. The van der Waals surface area contributed by atoms with E-state index in [9.17, 15) is 4.79 Å². The molecule has 1 aromatic heterocycles. The van der Waals surface area contributed by atoms with Crippen molar-refractivity contribution < 1.29 is 14.3 Å². The topological polar surface area (TPSA) is 48.4 Å². The third-order valence-electron chi connectivity index (χ3n) is 2.63. The molecule has 0 spiro atoms. The van der Waals surface area contributed by atoms with Crippen LogP contribution in [0.2, 0.25) is 10.2 Å². The average Bonchev–Trinajstić information content (AvgIpc) is 2.41. The van der Waals surface area contributed by atoms with Gasteiger partial charge in [-0.3, -0.25) is 0 Å². The summed E-state index contributed by atoms with van der Waals surface area (Å²) in [7, 11) is 1.31. The number of benzene rings is 1. The van der Waals surface area contributed by atoms with Gasteiger partial charge in [0.15, 0.2) is 11.9 Å². The number of hydrogen-bond acceptors (Lipinski definition) is 4. The van der Waals surface area contributed by atoms with Gasteiger partial charge >= 0.3 is 5.97 Å². The van der Waals surface area contributed by atoms with Gasteiger partial charge in [-0.15, -0.1) is 0 Å². The summed E-state index contributed by atoms with van der Waals surface area (Å²) in [5.74, 6) is -0.00340. The molecule has 2 rings (SSSR count). The number of carbonyl (C=O) groups excluding carboxylic acids is 1. The monoisotopic (exact) mass is 425 g/mol. The fraction of sp³-hybridized carbons (Fsp3) is 0.231. The van der Waals surface area contributed by atoms with Gasteiger partial charge < -0.3 is 9.47 Å². The standard InChI is InChI=1S/C13H10Cl2INO3/c1-6(13(18)19-2)20-12-9(16)5-8(14)7-3-4-10(15)17-11(7)12/h3-6H,1-2H3. The molecule has 106 valence electrons. The molecule has 0 aliphatic rings. The SMILES string of the molecule is COC(=O)C(C)Oc1c(I)cc(Cl)c2ccc(Cl)nc12. The number of ether oxygens (including phenoxy) is 2. The summed E-state index contributed by atoms with van der Waals surface area (Å²) < 4.78 is 11.0. The van der Waals surface area contributed by atoms with Crippen LogP contribution in [0, 0.1) is 3.57 Å². The lowest BCUT2D eigenvalue weighted by atomic mass is 10.2. The maximum atomic E-state index is 11.5. The molecule has 1 unspecified atom stereocenters. The summed E-state index contributed by atoms with van der Waals surface area (Å²) in [5.41, 5.74) is 0.519. The van der Waals surface area contributed by atoms with Crippen molar-refractivity contribution in [3.05, 3.63) is 31.9 Å². The highest BCUT2D eigenvalue weighted by atomic mass is 127. The first-order chi connectivity index (χ1) is 9.43. The minimum atomic E-state index is -0.751. The number of hydrogen-bond donors (Lipinski definition) is 0. The molecule has 1 atom stereocenters. The Balaban J connectivity index is 2.57. The van der Waals surface area contributed by atoms with E-state index in [2.05, 4.69) is 32.3 Å². The van der Waals surface area contributed by atoms with E-state index in [1.54, 1.807) is 25.1 Å². The minimum absolute atomic E-state index is 0.325. The molecular weight excluding hydrogens is 416 g/mol. The lowest BCUT2D eigenvalue weighted by molar-refractivity contribution is -0.147. The molecular formula is C13H10Cl2INO3. The highest BCUT2D eigenvalue weighted by molar-refractivity contribution is 14.1. The number of methoxy groups -OCH3 is 1. The molecule has 0 radical (unpaired) electrons. The molecule has 0 bridgehead atoms. The molecule has 0 fully saturated rings. The van der Waals surface area contributed by atoms with Crippen molar-refractivity contribution in [3.63, 3.8) is 0 Å². The zero-order valence-corrected chi connectivity index (χ0v) is 14.3. The molecule has 0 saturated carbocycles. The highest BCUT2D eigenvalue weighted by Gasteiger charge is 2.20. The van der Waals surface area contributed by atoms with Crippen LogP contribution in [-0.4, -0.2) is 24.2 Å². The van der Waals surface area contributed by atoms with Gasteiger partial charge in [0.1, 0.15) is 10.7 Å². The predicted octanol–water partition coefficient (Wildman–Crippen LogP) is 4.09. The quantitative estimate of drug-likeness (QED) is 0.422. The zero-order chi connectivity index (χ0) is 14.9. The van der Waals surface area contributed by atoms with Crippen molar-refractivity contribution in [1.29, 1.82) is 0 Å². The first-order valence-electron chi connectivity index (χ1n) is 5.62. The Kier molecular flexibility index (Phi) is 4.93. The van der Waals surface area contributed by atoms with Crippen LogP contribution in [-0.2, 0) is 9.53 Å². The van der Waals surface area contributed by atoms with Gasteiger partial charge in [-0.25, -0.2) is 9.78 Å². The van der Waals surface area contributed by atoms with Gasteiger partial charge in [-0.1, -0.05) is 23.2 Å². The Morgan fingerprint density at radius 2 is 2.10 bits per heavy atom. The molecule has 1 heterocycles. The highest BCUT2D eigenvalue weighted by Crippen LogP contribution is 2.36. The van der Waals surface area contributed by atoms with Gasteiger partial charge in [0.25, 0.3) is 0 Å². The summed E-state index contributed by atoms with van der Waals surface area (Å²) in [6.07, 6.45) is -0.751. The van der Waals surface area contributed by atoms with Crippen LogP contribution < -0.4 is 4.74 Å². The first kappa shape index (κ1) is 15.6.